The number of nitrogens with zero attached hydrogens (tertiary/aromatic N) is 1. The number of aliphatic hydroxyl groups excluding tert-OH is 1. The van der Waals surface area contributed by atoms with Crippen LogP contribution in [0, 0.1) is 21.7 Å². The summed E-state index contributed by atoms with van der Waals surface area (Å²) in [5.74, 6) is -3.79. The van der Waals surface area contributed by atoms with Gasteiger partial charge in [-0.2, -0.15) is 4.39 Å². The van der Waals surface area contributed by atoms with Crippen LogP contribution in [-0.2, 0) is 0 Å². The second-order valence-electron chi connectivity index (χ2n) is 4.94. The molecule has 1 fully saturated rings. The van der Waals surface area contributed by atoms with Gasteiger partial charge in [-0.05, 0) is 18.9 Å². The Bertz CT molecular complexity index is 580. The Hall–Kier alpha value is -2.09. The summed E-state index contributed by atoms with van der Waals surface area (Å²) in [6.45, 7) is 0. The summed E-state index contributed by atoms with van der Waals surface area (Å²) in [6.07, 6.45) is 1.79. The highest BCUT2D eigenvalue weighted by Crippen LogP contribution is 2.24. The van der Waals surface area contributed by atoms with Gasteiger partial charge in [0.25, 0.3) is 5.91 Å². The zero-order valence-electron chi connectivity index (χ0n) is 11.0. The van der Waals surface area contributed by atoms with E-state index in [1.165, 1.54) is 0 Å². The predicted molar refractivity (Wildman–Crippen MR) is 68.7 cm³/mol. The molecule has 1 amide bonds. The Kier molecular flexibility index (Phi) is 4.46. The van der Waals surface area contributed by atoms with Crippen LogP contribution in [0.1, 0.15) is 36.0 Å². The third kappa shape index (κ3) is 3.15. The first-order chi connectivity index (χ1) is 9.91. The average Bonchev–Trinajstić information content (AvgIpc) is 2.41. The second-order valence-corrected chi connectivity index (χ2v) is 4.94. The number of rotatable bonds is 3. The lowest BCUT2D eigenvalue weighted by molar-refractivity contribution is -0.387. The molecule has 0 spiro atoms. The number of carbonyl (C=O) groups is 1. The van der Waals surface area contributed by atoms with Crippen molar-refractivity contribution in [1.82, 2.24) is 5.32 Å². The van der Waals surface area contributed by atoms with Crippen LogP contribution in [-0.4, -0.2) is 28.1 Å². The van der Waals surface area contributed by atoms with E-state index in [9.17, 15) is 28.8 Å². The summed E-state index contributed by atoms with van der Waals surface area (Å²) in [6, 6.07) is 0.731. The van der Waals surface area contributed by atoms with E-state index in [1.807, 2.05) is 0 Å². The summed E-state index contributed by atoms with van der Waals surface area (Å²) in [7, 11) is 0. The molecular formula is C13H14F2N2O4. The normalized spacial score (nSPS) is 21.9. The van der Waals surface area contributed by atoms with Crippen molar-refractivity contribution in [3.8, 4) is 0 Å². The SMILES string of the molecule is O=C(N[C@H]1CCCC[C@@H]1O)c1c(F)ccc([N+](=O)[O-])c1F. The van der Waals surface area contributed by atoms with Crippen LogP contribution in [0.5, 0.6) is 0 Å². The molecule has 21 heavy (non-hydrogen) atoms. The minimum atomic E-state index is -1.51. The van der Waals surface area contributed by atoms with E-state index in [0.717, 1.165) is 12.8 Å². The predicted octanol–water partition coefficient (Wildman–Crippen LogP) is 1.91. The Balaban J connectivity index is 2.26. The molecule has 0 saturated heterocycles. The number of benzene rings is 1. The van der Waals surface area contributed by atoms with E-state index in [-0.39, 0.29) is 0 Å². The summed E-state index contributed by atoms with van der Waals surface area (Å²) >= 11 is 0. The van der Waals surface area contributed by atoms with Gasteiger partial charge in [-0.15, -0.1) is 0 Å². The zero-order valence-corrected chi connectivity index (χ0v) is 11.0. The Labute approximate surface area is 118 Å². The van der Waals surface area contributed by atoms with E-state index in [0.29, 0.717) is 25.0 Å². The summed E-state index contributed by atoms with van der Waals surface area (Å²) in [4.78, 5) is 21.5. The maximum atomic E-state index is 13.9. The lowest BCUT2D eigenvalue weighted by Gasteiger charge is -2.28. The highest BCUT2D eigenvalue weighted by molar-refractivity contribution is 5.95. The third-order valence-corrected chi connectivity index (χ3v) is 3.54. The summed E-state index contributed by atoms with van der Waals surface area (Å²) in [5, 5.41) is 22.7. The third-order valence-electron chi connectivity index (χ3n) is 3.54. The topological polar surface area (TPSA) is 92.5 Å². The van der Waals surface area contributed by atoms with Crippen molar-refractivity contribution in [1.29, 1.82) is 0 Å². The molecule has 2 atom stereocenters. The van der Waals surface area contributed by atoms with Crippen molar-refractivity contribution in [3.63, 3.8) is 0 Å². The molecule has 1 saturated carbocycles. The molecule has 0 bridgehead atoms. The Morgan fingerprint density at radius 3 is 2.62 bits per heavy atom. The lowest BCUT2D eigenvalue weighted by Crippen LogP contribution is -2.45. The number of aliphatic hydroxyl groups is 1. The fourth-order valence-electron chi connectivity index (χ4n) is 2.41. The number of halogens is 2. The molecule has 0 radical (unpaired) electrons. The highest BCUT2D eigenvalue weighted by Gasteiger charge is 2.30. The largest absolute Gasteiger partial charge is 0.391 e. The van der Waals surface area contributed by atoms with E-state index in [1.54, 1.807) is 0 Å². The molecule has 0 unspecified atom stereocenters. The fourth-order valence-corrected chi connectivity index (χ4v) is 2.41. The molecule has 6 nitrogen and oxygen atoms in total. The molecule has 0 aliphatic heterocycles. The number of hydrogen-bond acceptors (Lipinski definition) is 4. The van der Waals surface area contributed by atoms with Crippen LogP contribution < -0.4 is 5.32 Å². The van der Waals surface area contributed by atoms with Gasteiger partial charge >= 0.3 is 5.69 Å². The molecule has 8 heteroatoms. The van der Waals surface area contributed by atoms with Crippen LogP contribution in [0.25, 0.3) is 0 Å². The summed E-state index contributed by atoms with van der Waals surface area (Å²) < 4.78 is 27.5. The first-order valence-corrected chi connectivity index (χ1v) is 6.53. The number of nitrogens with one attached hydrogen (secondary N) is 1. The fraction of sp³-hybridized carbons (Fsp3) is 0.462. The molecule has 1 aromatic carbocycles. The first kappa shape index (κ1) is 15.3. The molecule has 1 aliphatic carbocycles. The summed E-state index contributed by atoms with van der Waals surface area (Å²) in [5.41, 5.74) is -1.97. The van der Waals surface area contributed by atoms with Gasteiger partial charge in [-0.3, -0.25) is 14.9 Å². The molecule has 2 N–H and O–H groups in total. The zero-order chi connectivity index (χ0) is 15.6. The molecule has 0 heterocycles. The van der Waals surface area contributed by atoms with E-state index in [2.05, 4.69) is 5.32 Å². The first-order valence-electron chi connectivity index (χ1n) is 6.53. The maximum absolute atomic E-state index is 13.9. The minimum absolute atomic E-state index is 0.491. The molecule has 2 rings (SSSR count). The van der Waals surface area contributed by atoms with E-state index < -0.39 is 45.9 Å². The van der Waals surface area contributed by atoms with Crippen molar-refractivity contribution >= 4 is 11.6 Å². The number of amides is 1. The Morgan fingerprint density at radius 1 is 1.33 bits per heavy atom. The van der Waals surface area contributed by atoms with Crippen LogP contribution in [0.4, 0.5) is 14.5 Å². The van der Waals surface area contributed by atoms with Crippen LogP contribution in [0.3, 0.4) is 0 Å². The van der Waals surface area contributed by atoms with Gasteiger partial charge in [-0.1, -0.05) is 12.8 Å². The van der Waals surface area contributed by atoms with E-state index in [4.69, 9.17) is 0 Å². The number of nitro benzene ring substituents is 1. The van der Waals surface area contributed by atoms with Crippen molar-refractivity contribution < 1.29 is 23.6 Å². The van der Waals surface area contributed by atoms with E-state index >= 15 is 0 Å². The quantitative estimate of drug-likeness (QED) is 0.658. The number of hydrogen-bond donors (Lipinski definition) is 2. The standard InChI is InChI=1S/C13H14F2N2O4/c14-7-5-6-9(17(20)21)12(15)11(7)13(19)16-8-3-1-2-4-10(8)18/h5-6,8,10,18H,1-4H2,(H,16,19)/t8-,10-/m0/s1. The monoisotopic (exact) mass is 300 g/mol. The molecule has 1 aliphatic rings. The molecule has 114 valence electrons. The van der Waals surface area contributed by atoms with Gasteiger partial charge in [0.05, 0.1) is 17.1 Å². The maximum Gasteiger partial charge on any atom is 0.305 e. The van der Waals surface area contributed by atoms with Crippen LogP contribution in [0.15, 0.2) is 12.1 Å². The van der Waals surface area contributed by atoms with Gasteiger partial charge in [0, 0.05) is 6.07 Å². The van der Waals surface area contributed by atoms with Gasteiger partial charge < -0.3 is 10.4 Å². The van der Waals surface area contributed by atoms with Crippen molar-refractivity contribution in [2.24, 2.45) is 0 Å². The Morgan fingerprint density at radius 2 is 2.00 bits per heavy atom. The number of carbonyl (C=O) groups excluding carboxylic acids is 1. The van der Waals surface area contributed by atoms with Gasteiger partial charge in [0.1, 0.15) is 11.4 Å². The molecular weight excluding hydrogens is 286 g/mol. The minimum Gasteiger partial charge on any atom is -0.391 e. The van der Waals surface area contributed by atoms with Crippen molar-refractivity contribution in [2.45, 2.75) is 37.8 Å². The second kappa shape index (κ2) is 6.13. The lowest BCUT2D eigenvalue weighted by atomic mass is 9.92. The van der Waals surface area contributed by atoms with Gasteiger partial charge in [0.2, 0.25) is 5.82 Å². The van der Waals surface area contributed by atoms with Crippen LogP contribution >= 0.6 is 0 Å². The molecule has 0 aromatic heterocycles. The number of nitro groups is 1. The average molecular weight is 300 g/mol. The van der Waals surface area contributed by atoms with Gasteiger partial charge in [0.15, 0.2) is 0 Å². The molecule has 1 aromatic rings. The highest BCUT2D eigenvalue weighted by atomic mass is 19.1. The van der Waals surface area contributed by atoms with Crippen LogP contribution in [0.2, 0.25) is 0 Å². The van der Waals surface area contributed by atoms with Crippen molar-refractivity contribution in [3.05, 3.63) is 39.4 Å². The van der Waals surface area contributed by atoms with Crippen molar-refractivity contribution in [2.75, 3.05) is 0 Å². The smallest absolute Gasteiger partial charge is 0.305 e. The van der Waals surface area contributed by atoms with Gasteiger partial charge in [-0.25, -0.2) is 4.39 Å².